The Hall–Kier alpha value is -1.63. The lowest BCUT2D eigenvalue weighted by molar-refractivity contribution is -0.138. The molecule has 2 heterocycles. The number of nitrogens with one attached hydrogen (secondary N) is 1. The van der Waals surface area contributed by atoms with Gasteiger partial charge in [0.25, 0.3) is 0 Å². The number of likely N-dealkylation sites (tertiary alicyclic amines) is 1. The fourth-order valence-corrected chi connectivity index (χ4v) is 3.63. The summed E-state index contributed by atoms with van der Waals surface area (Å²) in [6.45, 7) is 6.12. The van der Waals surface area contributed by atoms with Crippen LogP contribution in [-0.2, 0) is 16.1 Å². The number of hydrogen-bond acceptors (Lipinski definition) is 5. The van der Waals surface area contributed by atoms with Crippen molar-refractivity contribution >= 4 is 5.91 Å². The van der Waals surface area contributed by atoms with Crippen molar-refractivity contribution < 1.29 is 14.3 Å². The van der Waals surface area contributed by atoms with Gasteiger partial charge in [-0.05, 0) is 56.6 Å². The number of morpholine rings is 1. The minimum absolute atomic E-state index is 0.0391. The van der Waals surface area contributed by atoms with Crippen LogP contribution in [0.5, 0.6) is 5.75 Å². The van der Waals surface area contributed by atoms with Gasteiger partial charge in [-0.2, -0.15) is 0 Å². The normalized spacial score (nSPS) is 22.9. The molecule has 1 unspecified atom stereocenters. The van der Waals surface area contributed by atoms with Crippen molar-refractivity contribution in [3.63, 3.8) is 0 Å². The Balaban J connectivity index is 1.36. The number of benzene rings is 1. The maximum atomic E-state index is 12.3. The van der Waals surface area contributed by atoms with Gasteiger partial charge in [-0.15, -0.1) is 0 Å². The molecule has 0 spiro atoms. The molecule has 2 fully saturated rings. The number of methoxy groups -OCH3 is 1. The Morgan fingerprint density at radius 3 is 2.62 bits per heavy atom. The van der Waals surface area contributed by atoms with Gasteiger partial charge < -0.3 is 19.7 Å². The van der Waals surface area contributed by atoms with Gasteiger partial charge in [0, 0.05) is 26.2 Å². The molecule has 2 aliphatic rings. The zero-order chi connectivity index (χ0) is 18.4. The van der Waals surface area contributed by atoms with Crippen LogP contribution in [0.1, 0.15) is 18.4 Å². The van der Waals surface area contributed by atoms with E-state index in [-0.39, 0.29) is 12.0 Å². The molecule has 26 heavy (non-hydrogen) atoms. The molecule has 1 aromatic rings. The van der Waals surface area contributed by atoms with Crippen LogP contribution >= 0.6 is 0 Å². The summed E-state index contributed by atoms with van der Waals surface area (Å²) < 4.78 is 10.8. The molecule has 1 atom stereocenters. The van der Waals surface area contributed by atoms with Crippen molar-refractivity contribution in [2.75, 3.05) is 53.5 Å². The lowest BCUT2D eigenvalue weighted by Crippen LogP contribution is -2.49. The van der Waals surface area contributed by atoms with Crippen LogP contribution in [0.25, 0.3) is 0 Å². The molecule has 1 amide bonds. The monoisotopic (exact) mass is 361 g/mol. The van der Waals surface area contributed by atoms with Crippen molar-refractivity contribution in [3.05, 3.63) is 29.8 Å². The molecule has 6 heteroatoms. The molecule has 0 aliphatic carbocycles. The van der Waals surface area contributed by atoms with Gasteiger partial charge in [-0.25, -0.2) is 0 Å². The van der Waals surface area contributed by atoms with Crippen LogP contribution < -0.4 is 10.1 Å². The summed E-state index contributed by atoms with van der Waals surface area (Å²) in [4.78, 5) is 16.9. The number of likely N-dealkylation sites (N-methyl/N-ethyl adjacent to an activating group) is 1. The third-order valence-electron chi connectivity index (χ3n) is 5.40. The molecule has 0 saturated carbocycles. The first-order valence-corrected chi connectivity index (χ1v) is 9.57. The topological polar surface area (TPSA) is 54.0 Å². The van der Waals surface area contributed by atoms with E-state index in [1.807, 2.05) is 19.2 Å². The Morgan fingerprint density at radius 1 is 1.23 bits per heavy atom. The molecule has 6 nitrogen and oxygen atoms in total. The first kappa shape index (κ1) is 19.1. The van der Waals surface area contributed by atoms with Crippen LogP contribution in [0, 0.1) is 5.92 Å². The predicted octanol–water partition coefficient (Wildman–Crippen LogP) is 1.35. The summed E-state index contributed by atoms with van der Waals surface area (Å²) in [6.07, 6.45) is 1.94. The quantitative estimate of drug-likeness (QED) is 0.829. The molecule has 1 N–H and O–H groups in total. The van der Waals surface area contributed by atoms with Gasteiger partial charge in [-0.3, -0.25) is 9.69 Å². The van der Waals surface area contributed by atoms with Gasteiger partial charge in [0.15, 0.2) is 0 Å². The summed E-state index contributed by atoms with van der Waals surface area (Å²) in [7, 11) is 3.72. The number of carbonyl (C=O) groups excluding carboxylic acids is 1. The van der Waals surface area contributed by atoms with E-state index in [0.29, 0.717) is 19.1 Å². The van der Waals surface area contributed by atoms with E-state index >= 15 is 0 Å². The third-order valence-corrected chi connectivity index (χ3v) is 5.40. The third kappa shape index (κ3) is 5.43. The Morgan fingerprint density at radius 2 is 1.96 bits per heavy atom. The average Bonchev–Trinajstić information content (AvgIpc) is 2.68. The van der Waals surface area contributed by atoms with Crippen molar-refractivity contribution in [2.45, 2.75) is 25.5 Å². The van der Waals surface area contributed by atoms with Gasteiger partial charge in [0.2, 0.25) is 5.91 Å². The van der Waals surface area contributed by atoms with Crippen molar-refractivity contribution in [3.8, 4) is 5.75 Å². The smallest absolute Gasteiger partial charge is 0.250 e. The summed E-state index contributed by atoms with van der Waals surface area (Å²) in [6, 6.07) is 8.30. The fourth-order valence-electron chi connectivity index (χ4n) is 3.63. The van der Waals surface area contributed by atoms with Gasteiger partial charge in [-0.1, -0.05) is 12.1 Å². The number of amides is 1. The standard InChI is InChI=1S/C20H31N3O3/c1-22-11-12-26-19(15-22)20(24)21-13-16-7-9-23(10-8-16)14-17-3-5-18(25-2)6-4-17/h3-6,16,19H,7-15H2,1-2H3,(H,21,24). The molecule has 2 saturated heterocycles. The minimum Gasteiger partial charge on any atom is -0.497 e. The highest BCUT2D eigenvalue weighted by atomic mass is 16.5. The lowest BCUT2D eigenvalue weighted by Gasteiger charge is -2.33. The van der Waals surface area contributed by atoms with E-state index in [4.69, 9.17) is 9.47 Å². The number of rotatable bonds is 6. The summed E-state index contributed by atoms with van der Waals surface area (Å²) in [5.74, 6) is 1.50. The second kappa shape index (κ2) is 9.35. The molecule has 0 radical (unpaired) electrons. The van der Waals surface area contributed by atoms with Crippen LogP contribution in [0.15, 0.2) is 24.3 Å². The molecule has 1 aromatic carbocycles. The summed E-state index contributed by atoms with van der Waals surface area (Å²) in [5, 5.41) is 3.10. The largest absolute Gasteiger partial charge is 0.497 e. The Bertz CT molecular complexity index is 570. The van der Waals surface area contributed by atoms with Crippen LogP contribution in [0.3, 0.4) is 0 Å². The van der Waals surface area contributed by atoms with Gasteiger partial charge in [0.05, 0.1) is 13.7 Å². The Labute approximate surface area is 156 Å². The number of piperidine rings is 1. The van der Waals surface area contributed by atoms with E-state index in [1.54, 1.807) is 7.11 Å². The molecule has 0 bridgehead atoms. The molecular formula is C20H31N3O3. The zero-order valence-corrected chi connectivity index (χ0v) is 15.9. The van der Waals surface area contributed by atoms with Crippen LogP contribution in [0.2, 0.25) is 0 Å². The summed E-state index contributed by atoms with van der Waals surface area (Å²) >= 11 is 0. The second-order valence-corrected chi connectivity index (χ2v) is 7.43. The molecule has 144 valence electrons. The van der Waals surface area contributed by atoms with E-state index in [1.165, 1.54) is 5.56 Å². The number of hydrogen-bond donors (Lipinski definition) is 1. The first-order valence-electron chi connectivity index (χ1n) is 9.57. The molecular weight excluding hydrogens is 330 g/mol. The van der Waals surface area contributed by atoms with Crippen LogP contribution in [0.4, 0.5) is 0 Å². The maximum Gasteiger partial charge on any atom is 0.250 e. The molecule has 3 rings (SSSR count). The van der Waals surface area contributed by atoms with E-state index < -0.39 is 0 Å². The number of carbonyl (C=O) groups is 1. The minimum atomic E-state index is -0.316. The highest BCUT2D eigenvalue weighted by Gasteiger charge is 2.26. The number of ether oxygens (including phenoxy) is 2. The highest BCUT2D eigenvalue weighted by Crippen LogP contribution is 2.20. The van der Waals surface area contributed by atoms with Crippen molar-refractivity contribution in [1.82, 2.24) is 15.1 Å². The number of nitrogens with zero attached hydrogens (tertiary/aromatic N) is 2. The van der Waals surface area contributed by atoms with E-state index in [2.05, 4.69) is 27.2 Å². The molecule has 0 aromatic heterocycles. The highest BCUT2D eigenvalue weighted by molar-refractivity contribution is 5.81. The second-order valence-electron chi connectivity index (χ2n) is 7.43. The maximum absolute atomic E-state index is 12.3. The average molecular weight is 361 g/mol. The van der Waals surface area contributed by atoms with Crippen molar-refractivity contribution in [1.29, 1.82) is 0 Å². The molecule has 2 aliphatic heterocycles. The lowest BCUT2D eigenvalue weighted by atomic mass is 9.96. The van der Waals surface area contributed by atoms with Crippen LogP contribution in [-0.4, -0.2) is 75.3 Å². The van der Waals surface area contributed by atoms with E-state index in [0.717, 1.165) is 51.3 Å². The van der Waals surface area contributed by atoms with E-state index in [9.17, 15) is 4.79 Å². The van der Waals surface area contributed by atoms with Crippen molar-refractivity contribution in [2.24, 2.45) is 5.92 Å². The first-order chi connectivity index (χ1) is 12.6. The van der Waals surface area contributed by atoms with Gasteiger partial charge >= 0.3 is 0 Å². The summed E-state index contributed by atoms with van der Waals surface area (Å²) in [5.41, 5.74) is 1.32. The predicted molar refractivity (Wildman–Crippen MR) is 101 cm³/mol. The SMILES string of the molecule is COc1ccc(CN2CCC(CNC(=O)C3CN(C)CCO3)CC2)cc1. The fraction of sp³-hybridized carbons (Fsp3) is 0.650. The Kier molecular flexibility index (Phi) is 6.88. The zero-order valence-electron chi connectivity index (χ0n) is 15.9. The van der Waals surface area contributed by atoms with Gasteiger partial charge in [0.1, 0.15) is 11.9 Å².